The van der Waals surface area contributed by atoms with Crippen molar-refractivity contribution in [1.29, 1.82) is 0 Å². The smallest absolute Gasteiger partial charge is 0.358 e. The van der Waals surface area contributed by atoms with E-state index in [0.29, 0.717) is 0 Å². The van der Waals surface area contributed by atoms with Crippen LogP contribution < -0.4 is 10.5 Å². The lowest BCUT2D eigenvalue weighted by molar-refractivity contribution is 0.0590. The maximum Gasteiger partial charge on any atom is 0.358 e. The van der Waals surface area contributed by atoms with Crippen LogP contribution in [0.3, 0.4) is 0 Å². The van der Waals surface area contributed by atoms with Gasteiger partial charge in [0.25, 0.3) is 10.0 Å². The zero-order chi connectivity index (χ0) is 15.5. The Morgan fingerprint density at radius 2 is 2.14 bits per heavy atom. The Kier molecular flexibility index (Phi) is 4.97. The molecule has 0 aromatic carbocycles. The summed E-state index contributed by atoms with van der Waals surface area (Å²) in [5.74, 6) is -0.767. The van der Waals surface area contributed by atoms with Gasteiger partial charge in [-0.15, -0.1) is 11.3 Å². The molecular weight excluding hydrogens is 314 g/mol. The number of rotatable bonds is 5. The third-order valence-corrected chi connectivity index (χ3v) is 6.39. The average molecular weight is 333 g/mol. The van der Waals surface area contributed by atoms with E-state index in [1.807, 2.05) is 0 Å². The molecule has 7 nitrogen and oxygen atoms in total. The molecule has 0 radical (unpaired) electrons. The van der Waals surface area contributed by atoms with Crippen LogP contribution in [0.5, 0.6) is 0 Å². The van der Waals surface area contributed by atoms with E-state index in [1.54, 1.807) is 0 Å². The summed E-state index contributed by atoms with van der Waals surface area (Å²) >= 11 is 0.882. The number of carbonyl (C=O) groups excluding carboxylic acids is 1. The summed E-state index contributed by atoms with van der Waals surface area (Å²) in [5, 5.41) is 0. The standard InChI is InChI=1S/C12H19N3O4S2/c1-19-10(16)9-11(20-8-14-9)21(17,18)15-7-12(13)5-3-2-4-6-12/h8,15H,2-7,13H2,1H3. The molecule has 1 aromatic heterocycles. The number of thiazole rings is 1. The minimum atomic E-state index is -3.82. The van der Waals surface area contributed by atoms with E-state index >= 15 is 0 Å². The summed E-state index contributed by atoms with van der Waals surface area (Å²) in [7, 11) is -2.63. The van der Waals surface area contributed by atoms with Crippen molar-refractivity contribution in [3.63, 3.8) is 0 Å². The number of carbonyl (C=O) groups is 1. The van der Waals surface area contributed by atoms with Gasteiger partial charge in [0.05, 0.1) is 12.6 Å². The number of hydrogen-bond acceptors (Lipinski definition) is 7. The number of esters is 1. The number of methoxy groups -OCH3 is 1. The van der Waals surface area contributed by atoms with Crippen LogP contribution in [0, 0.1) is 0 Å². The van der Waals surface area contributed by atoms with Crippen molar-refractivity contribution < 1.29 is 17.9 Å². The van der Waals surface area contributed by atoms with Crippen LogP contribution in [0.25, 0.3) is 0 Å². The molecule has 1 heterocycles. The molecule has 2 rings (SSSR count). The van der Waals surface area contributed by atoms with Crippen molar-refractivity contribution in [2.45, 2.75) is 41.9 Å². The van der Waals surface area contributed by atoms with Gasteiger partial charge in [0.2, 0.25) is 0 Å². The van der Waals surface area contributed by atoms with E-state index in [2.05, 4.69) is 14.4 Å². The molecule has 21 heavy (non-hydrogen) atoms. The fraction of sp³-hybridized carbons (Fsp3) is 0.667. The van der Waals surface area contributed by atoms with Gasteiger partial charge >= 0.3 is 5.97 Å². The normalized spacial score (nSPS) is 18.4. The van der Waals surface area contributed by atoms with Crippen molar-refractivity contribution in [2.24, 2.45) is 5.73 Å². The highest BCUT2D eigenvalue weighted by molar-refractivity contribution is 7.91. The van der Waals surface area contributed by atoms with E-state index in [0.717, 1.165) is 43.4 Å². The van der Waals surface area contributed by atoms with Crippen molar-refractivity contribution in [3.8, 4) is 0 Å². The third kappa shape index (κ3) is 3.79. The zero-order valence-corrected chi connectivity index (χ0v) is 13.4. The van der Waals surface area contributed by atoms with Gasteiger partial charge in [-0.3, -0.25) is 0 Å². The van der Waals surface area contributed by atoms with Crippen molar-refractivity contribution >= 4 is 27.3 Å². The first-order valence-corrected chi connectivity index (χ1v) is 9.05. The number of aromatic nitrogens is 1. The molecule has 1 aromatic rings. The fourth-order valence-corrected chi connectivity index (χ4v) is 4.71. The molecule has 0 atom stereocenters. The minimum absolute atomic E-state index is 0.131. The van der Waals surface area contributed by atoms with E-state index < -0.39 is 21.5 Å². The summed E-state index contributed by atoms with van der Waals surface area (Å²) < 4.78 is 31.5. The molecule has 9 heteroatoms. The second-order valence-corrected chi connectivity index (χ2v) is 8.04. The number of sulfonamides is 1. The largest absolute Gasteiger partial charge is 0.464 e. The topological polar surface area (TPSA) is 111 Å². The lowest BCUT2D eigenvalue weighted by Gasteiger charge is -2.33. The second-order valence-electron chi connectivity index (χ2n) is 5.23. The molecule has 1 fully saturated rings. The lowest BCUT2D eigenvalue weighted by Crippen LogP contribution is -2.51. The molecule has 0 saturated heterocycles. The maximum atomic E-state index is 12.3. The number of ether oxygens (including phenoxy) is 1. The second kappa shape index (κ2) is 6.39. The van der Waals surface area contributed by atoms with Gasteiger partial charge in [0.1, 0.15) is 0 Å². The molecular formula is C12H19N3O4S2. The Balaban J connectivity index is 2.12. The van der Waals surface area contributed by atoms with Gasteiger partial charge in [-0.25, -0.2) is 22.9 Å². The number of nitrogens with two attached hydrogens (primary N) is 1. The molecule has 1 saturated carbocycles. The van der Waals surface area contributed by atoms with Gasteiger partial charge in [-0.05, 0) is 12.8 Å². The monoisotopic (exact) mass is 333 g/mol. The summed E-state index contributed by atoms with van der Waals surface area (Å²) in [6.07, 6.45) is 4.73. The summed E-state index contributed by atoms with van der Waals surface area (Å²) in [4.78, 5) is 15.3. The van der Waals surface area contributed by atoms with Gasteiger partial charge < -0.3 is 10.5 Å². The van der Waals surface area contributed by atoms with Gasteiger partial charge in [0, 0.05) is 12.1 Å². The molecule has 1 aliphatic carbocycles. The fourth-order valence-electron chi connectivity index (χ4n) is 2.40. The zero-order valence-electron chi connectivity index (χ0n) is 11.8. The molecule has 0 spiro atoms. The van der Waals surface area contributed by atoms with E-state index in [1.165, 1.54) is 12.6 Å². The Morgan fingerprint density at radius 1 is 1.48 bits per heavy atom. The Labute approximate surface area is 127 Å². The molecule has 0 amide bonds. The molecule has 1 aliphatic rings. The SMILES string of the molecule is COC(=O)c1ncsc1S(=O)(=O)NCC1(N)CCCCC1. The van der Waals surface area contributed by atoms with Gasteiger partial charge in [-0.1, -0.05) is 19.3 Å². The predicted molar refractivity (Wildman–Crippen MR) is 78.6 cm³/mol. The van der Waals surface area contributed by atoms with Crippen LogP contribution in [0.15, 0.2) is 9.72 Å². The highest BCUT2D eigenvalue weighted by atomic mass is 32.2. The van der Waals surface area contributed by atoms with E-state index in [9.17, 15) is 13.2 Å². The first kappa shape index (κ1) is 16.3. The van der Waals surface area contributed by atoms with E-state index in [-0.39, 0.29) is 16.4 Å². The Bertz CT molecular complexity index is 606. The Hall–Kier alpha value is -1.03. The molecule has 3 N–H and O–H groups in total. The first-order chi connectivity index (χ1) is 9.88. The maximum absolute atomic E-state index is 12.3. The van der Waals surface area contributed by atoms with Crippen molar-refractivity contribution in [3.05, 3.63) is 11.2 Å². The molecule has 0 unspecified atom stereocenters. The van der Waals surface area contributed by atoms with Gasteiger partial charge in [-0.2, -0.15) is 0 Å². The van der Waals surface area contributed by atoms with Gasteiger partial charge in [0.15, 0.2) is 9.90 Å². The molecule has 118 valence electrons. The molecule has 0 bridgehead atoms. The quantitative estimate of drug-likeness (QED) is 0.773. The summed E-state index contributed by atoms with van der Waals surface area (Å²) in [6.45, 7) is 0.161. The summed E-state index contributed by atoms with van der Waals surface area (Å²) in [6, 6.07) is 0. The lowest BCUT2D eigenvalue weighted by atomic mass is 9.83. The highest BCUT2D eigenvalue weighted by Gasteiger charge is 2.32. The average Bonchev–Trinajstić information content (AvgIpc) is 2.96. The number of nitrogens with zero attached hydrogens (tertiary/aromatic N) is 1. The minimum Gasteiger partial charge on any atom is -0.464 e. The molecule has 0 aliphatic heterocycles. The van der Waals surface area contributed by atoms with Crippen LogP contribution in [0.2, 0.25) is 0 Å². The van der Waals surface area contributed by atoms with Crippen LogP contribution in [0.1, 0.15) is 42.6 Å². The van der Waals surface area contributed by atoms with Crippen LogP contribution in [0.4, 0.5) is 0 Å². The van der Waals surface area contributed by atoms with Crippen LogP contribution in [-0.2, 0) is 14.8 Å². The van der Waals surface area contributed by atoms with E-state index in [4.69, 9.17) is 5.73 Å². The highest BCUT2D eigenvalue weighted by Crippen LogP contribution is 2.26. The number of nitrogens with one attached hydrogen (secondary N) is 1. The predicted octanol–water partition coefficient (Wildman–Crippen LogP) is 0.870. The Morgan fingerprint density at radius 3 is 2.76 bits per heavy atom. The third-order valence-electron chi connectivity index (χ3n) is 3.62. The number of hydrogen-bond donors (Lipinski definition) is 2. The summed E-state index contributed by atoms with van der Waals surface area (Å²) in [5.41, 5.74) is 6.82. The van der Waals surface area contributed by atoms with Crippen LogP contribution >= 0.6 is 11.3 Å². The first-order valence-electron chi connectivity index (χ1n) is 6.68. The van der Waals surface area contributed by atoms with Crippen molar-refractivity contribution in [1.82, 2.24) is 9.71 Å². The van der Waals surface area contributed by atoms with Crippen LogP contribution in [-0.4, -0.2) is 38.6 Å². The van der Waals surface area contributed by atoms with Crippen molar-refractivity contribution in [2.75, 3.05) is 13.7 Å².